The Labute approximate surface area is 127 Å². The van der Waals surface area contributed by atoms with Crippen LogP contribution in [-0.2, 0) is 4.79 Å². The Morgan fingerprint density at radius 2 is 2.32 bits per heavy atom. The van der Waals surface area contributed by atoms with E-state index in [2.05, 4.69) is 15.6 Å². The van der Waals surface area contributed by atoms with Gasteiger partial charge in [-0.15, -0.1) is 0 Å². The molecule has 0 atom stereocenters. The second-order valence-corrected chi connectivity index (χ2v) is 4.58. The molecule has 0 unspecified atom stereocenters. The summed E-state index contributed by atoms with van der Waals surface area (Å²) < 4.78 is 23.5. The summed E-state index contributed by atoms with van der Waals surface area (Å²) in [7, 11) is 1.55. The van der Waals surface area contributed by atoms with Gasteiger partial charge < -0.3 is 19.8 Å². The predicted octanol–water partition coefficient (Wildman–Crippen LogP) is 2.63. The maximum absolute atomic E-state index is 12.5. The number of carbonyl (C=O) groups is 1. The van der Waals surface area contributed by atoms with E-state index in [-0.39, 0.29) is 25.1 Å². The highest BCUT2D eigenvalue weighted by Crippen LogP contribution is 2.24. The van der Waals surface area contributed by atoms with Crippen LogP contribution in [0, 0.1) is 0 Å². The number of likely N-dealkylation sites (N-methyl/N-ethyl adjacent to an activating group) is 1. The standard InChI is InChI=1S/C15H18FN3O3/c1-3-10(7-16)9-21-11-4-5-12-13(6-11)22-15(19-12)18-8-14(20)17-2/h4-7H,3,8-9H2,1-2H3,(H,17,20)(H,18,19)/b10-7-. The second kappa shape index (κ2) is 7.44. The Hall–Kier alpha value is -2.57. The summed E-state index contributed by atoms with van der Waals surface area (Å²) in [6.07, 6.45) is 1.16. The average Bonchev–Trinajstić information content (AvgIpc) is 2.95. The number of hydrogen-bond acceptors (Lipinski definition) is 5. The molecular weight excluding hydrogens is 289 g/mol. The fourth-order valence-corrected chi connectivity index (χ4v) is 1.70. The van der Waals surface area contributed by atoms with Crippen LogP contribution in [0.15, 0.2) is 34.5 Å². The van der Waals surface area contributed by atoms with Crippen LogP contribution < -0.4 is 15.4 Å². The van der Waals surface area contributed by atoms with Gasteiger partial charge in [-0.05, 0) is 24.1 Å². The van der Waals surface area contributed by atoms with Gasteiger partial charge in [0, 0.05) is 13.1 Å². The van der Waals surface area contributed by atoms with E-state index in [9.17, 15) is 9.18 Å². The Balaban J connectivity index is 2.05. The minimum Gasteiger partial charge on any atom is -0.489 e. The van der Waals surface area contributed by atoms with Crippen molar-refractivity contribution in [1.82, 2.24) is 10.3 Å². The van der Waals surface area contributed by atoms with Gasteiger partial charge in [0.25, 0.3) is 6.01 Å². The molecule has 2 rings (SSSR count). The zero-order valence-electron chi connectivity index (χ0n) is 12.5. The number of carbonyl (C=O) groups excluding carboxylic acids is 1. The molecule has 2 N–H and O–H groups in total. The molecule has 1 heterocycles. The molecule has 0 aliphatic carbocycles. The summed E-state index contributed by atoms with van der Waals surface area (Å²) in [6.45, 7) is 2.13. The minimum atomic E-state index is -0.170. The summed E-state index contributed by atoms with van der Waals surface area (Å²) in [5.74, 6) is 0.394. The molecule has 22 heavy (non-hydrogen) atoms. The lowest BCUT2D eigenvalue weighted by atomic mass is 10.2. The van der Waals surface area contributed by atoms with Crippen molar-refractivity contribution in [2.75, 3.05) is 25.5 Å². The number of benzene rings is 1. The predicted molar refractivity (Wildman–Crippen MR) is 81.5 cm³/mol. The highest BCUT2D eigenvalue weighted by atomic mass is 19.1. The number of ether oxygens (including phenoxy) is 1. The molecule has 0 aliphatic rings. The third kappa shape index (κ3) is 3.97. The monoisotopic (exact) mass is 307 g/mol. The number of amides is 1. The maximum atomic E-state index is 12.5. The first-order valence-electron chi connectivity index (χ1n) is 6.92. The largest absolute Gasteiger partial charge is 0.489 e. The number of nitrogens with one attached hydrogen (secondary N) is 2. The van der Waals surface area contributed by atoms with Gasteiger partial charge in [0.2, 0.25) is 5.91 Å². The van der Waals surface area contributed by atoms with E-state index in [1.54, 1.807) is 25.2 Å². The Kier molecular flexibility index (Phi) is 5.35. The van der Waals surface area contributed by atoms with Crippen LogP contribution in [-0.4, -0.2) is 31.1 Å². The first kappa shape index (κ1) is 15.8. The number of aromatic nitrogens is 1. The summed E-state index contributed by atoms with van der Waals surface area (Å²) >= 11 is 0. The molecule has 0 saturated heterocycles. The lowest BCUT2D eigenvalue weighted by molar-refractivity contribution is -0.118. The molecule has 0 fully saturated rings. The summed E-state index contributed by atoms with van der Waals surface area (Å²) in [6, 6.07) is 5.41. The van der Waals surface area contributed by atoms with E-state index < -0.39 is 0 Å². The molecule has 1 aromatic heterocycles. The third-order valence-electron chi connectivity index (χ3n) is 3.07. The summed E-state index contributed by atoms with van der Waals surface area (Å²) in [5.41, 5.74) is 1.74. The Bertz CT molecular complexity index is 682. The van der Waals surface area contributed by atoms with Crippen LogP contribution in [0.2, 0.25) is 0 Å². The zero-order valence-corrected chi connectivity index (χ0v) is 12.5. The molecule has 1 aromatic carbocycles. The van der Waals surface area contributed by atoms with Crippen molar-refractivity contribution in [2.45, 2.75) is 13.3 Å². The Morgan fingerprint density at radius 1 is 1.50 bits per heavy atom. The molecule has 0 bridgehead atoms. The van der Waals surface area contributed by atoms with Crippen LogP contribution in [0.3, 0.4) is 0 Å². The van der Waals surface area contributed by atoms with Gasteiger partial charge in [-0.2, -0.15) is 4.98 Å². The summed E-state index contributed by atoms with van der Waals surface area (Å²) in [4.78, 5) is 15.4. The quantitative estimate of drug-likeness (QED) is 0.822. The van der Waals surface area contributed by atoms with Crippen molar-refractivity contribution in [3.05, 3.63) is 30.1 Å². The number of rotatable bonds is 7. The first-order valence-corrected chi connectivity index (χ1v) is 6.92. The molecule has 0 radical (unpaired) electrons. The normalized spacial score (nSPS) is 11.5. The molecule has 0 aliphatic heterocycles. The van der Waals surface area contributed by atoms with Crippen molar-refractivity contribution in [3.8, 4) is 5.75 Å². The SMILES string of the molecule is CC/C(=C/F)COc1ccc2nc(NCC(=O)NC)oc2c1. The van der Waals surface area contributed by atoms with Gasteiger partial charge >= 0.3 is 0 Å². The van der Waals surface area contributed by atoms with Crippen LogP contribution in [0.4, 0.5) is 10.4 Å². The number of nitrogens with zero attached hydrogens (tertiary/aromatic N) is 1. The molecule has 7 heteroatoms. The number of hydrogen-bond donors (Lipinski definition) is 2. The second-order valence-electron chi connectivity index (χ2n) is 4.58. The highest BCUT2D eigenvalue weighted by Gasteiger charge is 2.08. The van der Waals surface area contributed by atoms with Gasteiger partial charge in [0.1, 0.15) is 17.9 Å². The molecule has 2 aromatic rings. The van der Waals surface area contributed by atoms with Crippen LogP contribution in [0.25, 0.3) is 11.1 Å². The lowest BCUT2D eigenvalue weighted by Gasteiger charge is -2.06. The fourth-order valence-electron chi connectivity index (χ4n) is 1.70. The highest BCUT2D eigenvalue weighted by molar-refractivity contribution is 5.81. The molecule has 1 amide bonds. The topological polar surface area (TPSA) is 76.4 Å². The number of oxazole rings is 1. The van der Waals surface area contributed by atoms with Crippen molar-refractivity contribution in [2.24, 2.45) is 0 Å². The van der Waals surface area contributed by atoms with Gasteiger partial charge in [0.05, 0.1) is 12.9 Å². The van der Waals surface area contributed by atoms with Crippen molar-refractivity contribution in [1.29, 1.82) is 0 Å². The fraction of sp³-hybridized carbons (Fsp3) is 0.333. The van der Waals surface area contributed by atoms with E-state index in [4.69, 9.17) is 9.15 Å². The molecule has 0 spiro atoms. The van der Waals surface area contributed by atoms with Gasteiger partial charge in [-0.3, -0.25) is 4.79 Å². The lowest BCUT2D eigenvalue weighted by Crippen LogP contribution is -2.26. The molecule has 0 saturated carbocycles. The minimum absolute atomic E-state index is 0.0772. The van der Waals surface area contributed by atoms with E-state index >= 15 is 0 Å². The van der Waals surface area contributed by atoms with E-state index in [1.165, 1.54) is 0 Å². The third-order valence-corrected chi connectivity index (χ3v) is 3.07. The summed E-state index contributed by atoms with van der Waals surface area (Å²) in [5, 5.41) is 5.27. The van der Waals surface area contributed by atoms with Crippen LogP contribution in [0.5, 0.6) is 5.75 Å². The first-order chi connectivity index (χ1) is 10.7. The number of fused-ring (bicyclic) bond motifs is 1. The van der Waals surface area contributed by atoms with Gasteiger partial charge in [-0.1, -0.05) is 6.92 Å². The smallest absolute Gasteiger partial charge is 0.296 e. The zero-order chi connectivity index (χ0) is 15.9. The van der Waals surface area contributed by atoms with Gasteiger partial charge in [0.15, 0.2) is 5.58 Å². The Morgan fingerprint density at radius 3 is 3.00 bits per heavy atom. The molecular formula is C15H18FN3O3. The van der Waals surface area contributed by atoms with Gasteiger partial charge in [-0.25, -0.2) is 4.39 Å². The van der Waals surface area contributed by atoms with Crippen molar-refractivity contribution < 1.29 is 18.3 Å². The van der Waals surface area contributed by atoms with Crippen LogP contribution in [0.1, 0.15) is 13.3 Å². The van der Waals surface area contributed by atoms with E-state index in [0.717, 1.165) is 0 Å². The number of anilines is 1. The van der Waals surface area contributed by atoms with Crippen molar-refractivity contribution >= 4 is 23.0 Å². The van der Waals surface area contributed by atoms with Crippen LogP contribution >= 0.6 is 0 Å². The van der Waals surface area contributed by atoms with E-state index in [1.807, 2.05) is 6.92 Å². The molecule has 118 valence electrons. The maximum Gasteiger partial charge on any atom is 0.296 e. The average molecular weight is 307 g/mol. The molecule has 6 nitrogen and oxygen atoms in total. The number of halogens is 1. The van der Waals surface area contributed by atoms with Crippen molar-refractivity contribution in [3.63, 3.8) is 0 Å². The van der Waals surface area contributed by atoms with E-state index in [0.29, 0.717) is 35.2 Å².